The number of carboxylic acids is 1. The highest BCUT2D eigenvalue weighted by Crippen LogP contribution is 2.17. The maximum atomic E-state index is 10.5. The van der Waals surface area contributed by atoms with E-state index in [4.69, 9.17) is 5.11 Å². The molecular weight excluding hydrogens is 234 g/mol. The molecule has 7 nitrogen and oxygen atoms in total. The Morgan fingerprint density at radius 1 is 1.62 bits per heavy atom. The number of carboxylic acid groups (broad SMARTS) is 1. The molecule has 16 heavy (non-hydrogen) atoms. The number of nitro groups is 1. The Balaban J connectivity index is 2.56. The van der Waals surface area contributed by atoms with E-state index in [0.29, 0.717) is 10.9 Å². The second kappa shape index (κ2) is 5.40. The maximum Gasteiger partial charge on any atom is 0.307 e. The zero-order chi connectivity index (χ0) is 12.1. The van der Waals surface area contributed by atoms with Gasteiger partial charge in [0.05, 0.1) is 10.8 Å². The molecule has 0 radical (unpaired) electrons. The smallest absolute Gasteiger partial charge is 0.307 e. The average molecular weight is 243 g/mol. The first-order chi connectivity index (χ1) is 7.50. The molecule has 0 saturated heterocycles. The first-order valence-electron chi connectivity index (χ1n) is 4.32. The second-order valence-electron chi connectivity index (χ2n) is 3.03. The van der Waals surface area contributed by atoms with E-state index < -0.39 is 16.8 Å². The zero-order valence-electron chi connectivity index (χ0n) is 8.36. The van der Waals surface area contributed by atoms with Crippen LogP contribution in [0.5, 0.6) is 0 Å². The standard InChI is InChI=1S/C8H9N3O4S/c1-5(7(12)13)4-16-8-9-2-6(3-10-8)11(14)15/h2-3,5H,4H2,1H3,(H,12,13). The van der Waals surface area contributed by atoms with Gasteiger partial charge in [-0.2, -0.15) is 0 Å². The zero-order valence-corrected chi connectivity index (χ0v) is 9.18. The monoisotopic (exact) mass is 243 g/mol. The van der Waals surface area contributed by atoms with Gasteiger partial charge in [-0.05, 0) is 0 Å². The van der Waals surface area contributed by atoms with E-state index in [2.05, 4.69) is 9.97 Å². The van der Waals surface area contributed by atoms with Crippen LogP contribution in [0.3, 0.4) is 0 Å². The normalized spacial score (nSPS) is 12.1. The highest BCUT2D eigenvalue weighted by molar-refractivity contribution is 7.99. The third-order valence-electron chi connectivity index (χ3n) is 1.71. The predicted molar refractivity (Wildman–Crippen MR) is 56.2 cm³/mol. The van der Waals surface area contributed by atoms with Gasteiger partial charge >= 0.3 is 11.7 Å². The Morgan fingerprint density at radius 3 is 2.62 bits per heavy atom. The summed E-state index contributed by atoms with van der Waals surface area (Å²) in [5.74, 6) is -1.08. The van der Waals surface area contributed by atoms with Crippen LogP contribution in [-0.4, -0.2) is 31.7 Å². The molecular formula is C8H9N3O4S. The summed E-state index contributed by atoms with van der Waals surface area (Å²) in [6.07, 6.45) is 2.20. The van der Waals surface area contributed by atoms with Gasteiger partial charge in [-0.25, -0.2) is 9.97 Å². The summed E-state index contributed by atoms with van der Waals surface area (Å²) in [5, 5.41) is 19.3. The van der Waals surface area contributed by atoms with E-state index in [1.807, 2.05) is 0 Å². The highest BCUT2D eigenvalue weighted by Gasteiger charge is 2.13. The largest absolute Gasteiger partial charge is 0.481 e. The van der Waals surface area contributed by atoms with Crippen molar-refractivity contribution in [3.05, 3.63) is 22.5 Å². The van der Waals surface area contributed by atoms with Crippen molar-refractivity contribution in [2.24, 2.45) is 5.92 Å². The van der Waals surface area contributed by atoms with Crippen LogP contribution in [0, 0.1) is 16.0 Å². The summed E-state index contributed by atoms with van der Waals surface area (Å²) < 4.78 is 0. The number of aliphatic carboxylic acids is 1. The van der Waals surface area contributed by atoms with Crippen LogP contribution in [0.4, 0.5) is 5.69 Å². The summed E-state index contributed by atoms with van der Waals surface area (Å²) in [5.41, 5.74) is -0.185. The van der Waals surface area contributed by atoms with Crippen molar-refractivity contribution in [2.75, 3.05) is 5.75 Å². The Bertz CT molecular complexity index is 395. The van der Waals surface area contributed by atoms with Crippen LogP contribution < -0.4 is 0 Å². The molecule has 1 rings (SSSR count). The van der Waals surface area contributed by atoms with E-state index in [1.165, 1.54) is 0 Å². The Morgan fingerprint density at radius 2 is 2.19 bits per heavy atom. The van der Waals surface area contributed by atoms with E-state index >= 15 is 0 Å². The van der Waals surface area contributed by atoms with Crippen molar-refractivity contribution >= 4 is 23.4 Å². The van der Waals surface area contributed by atoms with Crippen molar-refractivity contribution in [3.8, 4) is 0 Å². The lowest BCUT2D eigenvalue weighted by atomic mass is 10.2. The Labute approximate surface area is 95.1 Å². The van der Waals surface area contributed by atoms with E-state index in [1.54, 1.807) is 6.92 Å². The first kappa shape index (κ1) is 12.4. The minimum absolute atomic E-state index is 0.185. The van der Waals surface area contributed by atoms with Gasteiger partial charge < -0.3 is 5.11 Å². The summed E-state index contributed by atoms with van der Waals surface area (Å²) in [4.78, 5) is 27.7. The number of thioether (sulfide) groups is 1. The first-order valence-corrected chi connectivity index (χ1v) is 5.31. The number of hydrogen-bond donors (Lipinski definition) is 1. The molecule has 0 saturated carbocycles. The third kappa shape index (κ3) is 3.46. The van der Waals surface area contributed by atoms with Gasteiger partial charge in [0.2, 0.25) is 0 Å². The van der Waals surface area contributed by atoms with Crippen molar-refractivity contribution in [1.29, 1.82) is 0 Å². The van der Waals surface area contributed by atoms with Crippen LogP contribution in [0.1, 0.15) is 6.92 Å². The topological polar surface area (TPSA) is 106 Å². The van der Waals surface area contributed by atoms with Crippen LogP contribution >= 0.6 is 11.8 Å². The van der Waals surface area contributed by atoms with Gasteiger partial charge in [-0.3, -0.25) is 14.9 Å². The predicted octanol–water partition coefficient (Wildman–Crippen LogP) is 1.20. The third-order valence-corrected chi connectivity index (χ3v) is 2.85. The lowest BCUT2D eigenvalue weighted by Crippen LogP contribution is -2.11. The fourth-order valence-corrected chi connectivity index (χ4v) is 1.55. The van der Waals surface area contributed by atoms with Crippen LogP contribution in [0.25, 0.3) is 0 Å². The molecule has 1 atom stereocenters. The number of hydrogen-bond acceptors (Lipinski definition) is 6. The van der Waals surface area contributed by atoms with Crippen LogP contribution in [-0.2, 0) is 4.79 Å². The van der Waals surface area contributed by atoms with E-state index in [-0.39, 0.29) is 5.69 Å². The molecule has 0 aliphatic heterocycles. The minimum Gasteiger partial charge on any atom is -0.481 e. The highest BCUT2D eigenvalue weighted by atomic mass is 32.2. The fraction of sp³-hybridized carbons (Fsp3) is 0.375. The Hall–Kier alpha value is -1.70. The van der Waals surface area contributed by atoms with Crippen molar-refractivity contribution in [2.45, 2.75) is 12.1 Å². The summed E-state index contributed by atoms with van der Waals surface area (Å²) >= 11 is 1.15. The lowest BCUT2D eigenvalue weighted by Gasteiger charge is -2.03. The molecule has 1 aromatic heterocycles. The van der Waals surface area contributed by atoms with Crippen LogP contribution in [0.2, 0.25) is 0 Å². The summed E-state index contributed by atoms with van der Waals surface area (Å²) in [7, 11) is 0. The van der Waals surface area contributed by atoms with Crippen LogP contribution in [0.15, 0.2) is 17.6 Å². The Kier molecular flexibility index (Phi) is 4.18. The summed E-state index contributed by atoms with van der Waals surface area (Å²) in [6.45, 7) is 1.57. The summed E-state index contributed by atoms with van der Waals surface area (Å²) in [6, 6.07) is 0. The van der Waals surface area contributed by atoms with Crippen molar-refractivity contribution in [3.63, 3.8) is 0 Å². The number of nitrogens with zero attached hydrogens (tertiary/aromatic N) is 3. The number of carbonyl (C=O) groups is 1. The second-order valence-corrected chi connectivity index (χ2v) is 4.02. The van der Waals surface area contributed by atoms with Gasteiger partial charge in [0.25, 0.3) is 0 Å². The molecule has 0 bridgehead atoms. The number of rotatable bonds is 5. The molecule has 0 aromatic carbocycles. The average Bonchev–Trinajstić information content (AvgIpc) is 2.26. The van der Waals surface area contributed by atoms with Gasteiger partial charge in [0, 0.05) is 5.75 Å². The number of aromatic nitrogens is 2. The van der Waals surface area contributed by atoms with E-state index in [9.17, 15) is 14.9 Å². The van der Waals surface area contributed by atoms with Gasteiger partial charge in [0.1, 0.15) is 12.4 Å². The molecule has 86 valence electrons. The van der Waals surface area contributed by atoms with Gasteiger partial charge in [-0.15, -0.1) is 0 Å². The fourth-order valence-electron chi connectivity index (χ4n) is 0.749. The molecule has 0 aliphatic carbocycles. The van der Waals surface area contributed by atoms with Gasteiger partial charge in [-0.1, -0.05) is 18.7 Å². The maximum absolute atomic E-state index is 10.5. The molecule has 1 heterocycles. The molecule has 0 fully saturated rings. The van der Waals surface area contributed by atoms with E-state index in [0.717, 1.165) is 24.2 Å². The van der Waals surface area contributed by atoms with Crippen molar-refractivity contribution in [1.82, 2.24) is 9.97 Å². The molecule has 0 spiro atoms. The lowest BCUT2D eigenvalue weighted by molar-refractivity contribution is -0.385. The molecule has 1 unspecified atom stereocenters. The quantitative estimate of drug-likeness (QED) is 0.358. The molecule has 8 heteroatoms. The van der Waals surface area contributed by atoms with Gasteiger partial charge in [0.15, 0.2) is 5.16 Å². The molecule has 0 amide bonds. The SMILES string of the molecule is CC(CSc1ncc([N+](=O)[O-])cn1)C(=O)O. The minimum atomic E-state index is -0.894. The molecule has 0 aliphatic rings. The van der Waals surface area contributed by atoms with Crippen molar-refractivity contribution < 1.29 is 14.8 Å². The molecule has 1 aromatic rings. The molecule has 1 N–H and O–H groups in total.